The summed E-state index contributed by atoms with van der Waals surface area (Å²) in [5, 5.41) is 0. The molecule has 0 aromatic carbocycles. The Balaban J connectivity index is 2.77. The highest BCUT2D eigenvalue weighted by molar-refractivity contribution is 6.25. The van der Waals surface area contributed by atoms with Crippen molar-refractivity contribution in [2.45, 2.75) is 13.3 Å². The molecule has 1 unspecified atom stereocenters. The Morgan fingerprint density at radius 1 is 1.57 bits per heavy atom. The molecule has 1 nitrogen and oxygen atoms in total. The number of rotatable bonds is 1. The molecule has 1 aliphatic carbocycles. The first-order valence-electron chi connectivity index (χ1n) is 4.40. The molecule has 0 saturated carbocycles. The Morgan fingerprint density at radius 3 is 2.93 bits per heavy atom. The second-order valence-electron chi connectivity index (χ2n) is 3.14. The van der Waals surface area contributed by atoms with Gasteiger partial charge < -0.3 is 0 Å². The number of halogens is 1. The van der Waals surface area contributed by atoms with E-state index in [1.54, 1.807) is 6.08 Å². The average molecular weight is 207 g/mol. The molecule has 0 aliphatic heterocycles. The van der Waals surface area contributed by atoms with Crippen molar-refractivity contribution >= 4 is 17.9 Å². The van der Waals surface area contributed by atoms with Gasteiger partial charge in [0.25, 0.3) is 0 Å². The first-order valence-corrected chi connectivity index (χ1v) is 4.84. The monoisotopic (exact) mass is 206 g/mol. The van der Waals surface area contributed by atoms with Crippen molar-refractivity contribution in [1.82, 2.24) is 0 Å². The lowest BCUT2D eigenvalue weighted by molar-refractivity contribution is -0.105. The quantitative estimate of drug-likeness (QED) is 0.476. The first kappa shape index (κ1) is 10.8. The minimum atomic E-state index is 0.266. The summed E-state index contributed by atoms with van der Waals surface area (Å²) in [6, 6.07) is 0. The van der Waals surface area contributed by atoms with Crippen LogP contribution in [0.25, 0.3) is 0 Å². The maximum Gasteiger partial charge on any atom is 0.146 e. The highest BCUT2D eigenvalue weighted by Gasteiger charge is 2.12. The van der Waals surface area contributed by atoms with E-state index >= 15 is 0 Å². The van der Waals surface area contributed by atoms with Crippen LogP contribution in [0, 0.1) is 17.8 Å². The number of hydrogen-bond acceptors (Lipinski definition) is 1. The minimum Gasteiger partial charge on any atom is -0.298 e. The van der Waals surface area contributed by atoms with Crippen molar-refractivity contribution in [3.8, 4) is 11.8 Å². The lowest BCUT2D eigenvalue weighted by Crippen LogP contribution is -2.05. The summed E-state index contributed by atoms with van der Waals surface area (Å²) < 4.78 is 0. The zero-order valence-electron chi connectivity index (χ0n) is 7.96. The molecule has 0 aromatic heterocycles. The SMILES string of the molecule is CC1CC(C#C/C=C/Cl)=CC=C1C=O. The van der Waals surface area contributed by atoms with Crippen molar-refractivity contribution in [2.24, 2.45) is 5.92 Å². The van der Waals surface area contributed by atoms with E-state index in [9.17, 15) is 4.79 Å². The summed E-state index contributed by atoms with van der Waals surface area (Å²) in [5.74, 6) is 6.05. The molecule has 0 fully saturated rings. The number of carbonyl (C=O) groups excluding carboxylic acids is 1. The summed E-state index contributed by atoms with van der Waals surface area (Å²) in [6.07, 6.45) is 7.04. The fourth-order valence-corrected chi connectivity index (χ4v) is 1.35. The van der Waals surface area contributed by atoms with Crippen molar-refractivity contribution < 1.29 is 4.79 Å². The largest absolute Gasteiger partial charge is 0.298 e. The van der Waals surface area contributed by atoms with E-state index in [0.717, 1.165) is 23.9 Å². The van der Waals surface area contributed by atoms with Gasteiger partial charge in [0.1, 0.15) is 6.29 Å². The van der Waals surface area contributed by atoms with Crippen LogP contribution in [-0.4, -0.2) is 6.29 Å². The molecule has 1 aliphatic rings. The van der Waals surface area contributed by atoms with Gasteiger partial charge in [0, 0.05) is 11.1 Å². The van der Waals surface area contributed by atoms with Gasteiger partial charge in [0.15, 0.2) is 0 Å². The molecule has 0 spiro atoms. The van der Waals surface area contributed by atoms with Gasteiger partial charge in [-0.1, -0.05) is 42.5 Å². The van der Waals surface area contributed by atoms with Crippen LogP contribution < -0.4 is 0 Å². The molecule has 14 heavy (non-hydrogen) atoms. The van der Waals surface area contributed by atoms with Crippen LogP contribution in [0.1, 0.15) is 13.3 Å². The third-order valence-electron chi connectivity index (χ3n) is 2.09. The van der Waals surface area contributed by atoms with E-state index in [1.807, 2.05) is 19.1 Å². The van der Waals surface area contributed by atoms with E-state index < -0.39 is 0 Å². The van der Waals surface area contributed by atoms with Gasteiger partial charge >= 0.3 is 0 Å². The molecule has 1 atom stereocenters. The van der Waals surface area contributed by atoms with Crippen LogP contribution in [0.2, 0.25) is 0 Å². The molecule has 1 rings (SSSR count). The normalized spacial score (nSPS) is 20.9. The lowest BCUT2D eigenvalue weighted by atomic mass is 9.89. The molecule has 0 aromatic rings. The van der Waals surface area contributed by atoms with Gasteiger partial charge in [-0.25, -0.2) is 0 Å². The van der Waals surface area contributed by atoms with Crippen LogP contribution in [0.15, 0.2) is 34.9 Å². The van der Waals surface area contributed by atoms with Crippen LogP contribution in [0.3, 0.4) is 0 Å². The summed E-state index contributed by atoms with van der Waals surface area (Å²) in [4.78, 5) is 10.6. The Labute approximate surface area is 89.1 Å². The average Bonchev–Trinajstić information content (AvgIpc) is 2.18. The zero-order chi connectivity index (χ0) is 10.4. The Kier molecular flexibility index (Phi) is 4.22. The number of allylic oxidation sites excluding steroid dienone is 5. The molecular formula is C12H11ClO. The van der Waals surface area contributed by atoms with Crippen molar-refractivity contribution in [3.05, 3.63) is 34.9 Å². The third-order valence-corrected chi connectivity index (χ3v) is 2.21. The summed E-state index contributed by atoms with van der Waals surface area (Å²) in [6.45, 7) is 2.02. The van der Waals surface area contributed by atoms with E-state index in [1.165, 1.54) is 5.54 Å². The molecule has 0 bridgehead atoms. The fraction of sp³-hybridized carbons (Fsp3) is 0.250. The first-order chi connectivity index (χ1) is 6.77. The molecule has 0 heterocycles. The molecule has 0 saturated heterocycles. The van der Waals surface area contributed by atoms with Crippen molar-refractivity contribution in [3.63, 3.8) is 0 Å². The van der Waals surface area contributed by atoms with Crippen LogP contribution in [0.5, 0.6) is 0 Å². The van der Waals surface area contributed by atoms with Crippen LogP contribution >= 0.6 is 11.6 Å². The number of aldehydes is 1. The lowest BCUT2D eigenvalue weighted by Gasteiger charge is -2.14. The van der Waals surface area contributed by atoms with Gasteiger partial charge in [-0.2, -0.15) is 0 Å². The van der Waals surface area contributed by atoms with Crippen molar-refractivity contribution in [1.29, 1.82) is 0 Å². The predicted octanol–water partition coefficient (Wildman–Crippen LogP) is 2.83. The molecule has 0 amide bonds. The molecular weight excluding hydrogens is 196 g/mol. The second-order valence-corrected chi connectivity index (χ2v) is 3.40. The minimum absolute atomic E-state index is 0.266. The summed E-state index contributed by atoms with van der Waals surface area (Å²) in [5.41, 5.74) is 3.26. The third kappa shape index (κ3) is 2.90. The topological polar surface area (TPSA) is 17.1 Å². The highest BCUT2D eigenvalue weighted by Crippen LogP contribution is 2.22. The second kappa shape index (κ2) is 5.47. The molecule has 2 heteroatoms. The Bertz CT molecular complexity index is 364. The number of carbonyl (C=O) groups is 1. The van der Waals surface area contributed by atoms with E-state index in [4.69, 9.17) is 11.6 Å². The maximum atomic E-state index is 10.6. The van der Waals surface area contributed by atoms with Gasteiger partial charge in [0.05, 0.1) is 0 Å². The predicted molar refractivity (Wildman–Crippen MR) is 58.8 cm³/mol. The summed E-state index contributed by atoms with van der Waals surface area (Å²) >= 11 is 5.33. The van der Waals surface area contributed by atoms with E-state index in [2.05, 4.69) is 11.8 Å². The zero-order valence-corrected chi connectivity index (χ0v) is 8.71. The fourth-order valence-electron chi connectivity index (χ4n) is 1.29. The highest BCUT2D eigenvalue weighted by atomic mass is 35.5. The summed E-state index contributed by atoms with van der Waals surface area (Å²) in [7, 11) is 0. The molecule has 72 valence electrons. The van der Waals surface area contributed by atoms with Gasteiger partial charge in [0.2, 0.25) is 0 Å². The van der Waals surface area contributed by atoms with Gasteiger partial charge in [-0.15, -0.1) is 0 Å². The Morgan fingerprint density at radius 2 is 2.36 bits per heavy atom. The molecule has 0 radical (unpaired) electrons. The van der Waals surface area contributed by atoms with Crippen molar-refractivity contribution in [2.75, 3.05) is 0 Å². The standard InChI is InChI=1S/C12H11ClO/c1-10-8-11(4-2-3-7-13)5-6-12(10)9-14/h3,5-7,9-10H,8H2,1H3/b7-3+. The van der Waals surface area contributed by atoms with E-state index in [0.29, 0.717) is 0 Å². The van der Waals surface area contributed by atoms with Crippen LogP contribution in [0.4, 0.5) is 0 Å². The van der Waals surface area contributed by atoms with Crippen LogP contribution in [-0.2, 0) is 4.79 Å². The Hall–Kier alpha value is -1.26. The maximum absolute atomic E-state index is 10.6. The van der Waals surface area contributed by atoms with Gasteiger partial charge in [-0.3, -0.25) is 4.79 Å². The van der Waals surface area contributed by atoms with Gasteiger partial charge in [-0.05, 0) is 24.0 Å². The molecule has 0 N–H and O–H groups in total. The number of hydrogen-bond donors (Lipinski definition) is 0. The smallest absolute Gasteiger partial charge is 0.146 e. The van der Waals surface area contributed by atoms with E-state index in [-0.39, 0.29) is 5.92 Å².